The first-order valence-electron chi connectivity index (χ1n) is 6.71. The Kier molecular flexibility index (Phi) is 5.15. The maximum absolute atomic E-state index is 12.2. The van der Waals surface area contributed by atoms with Crippen molar-refractivity contribution in [3.8, 4) is 11.8 Å². The highest BCUT2D eigenvalue weighted by molar-refractivity contribution is 6.05. The number of aliphatic hydroxyl groups excluding tert-OH is 1. The highest BCUT2D eigenvalue weighted by atomic mass is 16.5. The van der Waals surface area contributed by atoms with Crippen LogP contribution in [0.3, 0.4) is 0 Å². The first kappa shape index (κ1) is 16.8. The second-order valence-corrected chi connectivity index (χ2v) is 6.18. The molecule has 0 aliphatic rings. The molecule has 0 saturated heterocycles. The molecule has 1 aromatic rings. The molecule has 0 aromatic heterocycles. The van der Waals surface area contributed by atoms with Crippen molar-refractivity contribution < 1.29 is 14.6 Å². The number of rotatable bonds is 4. The number of hydrogen-bond donors (Lipinski definition) is 1. The standard InChI is InChI=1S/C17H21NO3/c1-11-6-7-12(8-15(11)21-5)16(20)13(10-18)14(19)9-17(2,3)4/h6-8,20H,9H2,1-5H3. The molecule has 1 aromatic carbocycles. The molecule has 0 fully saturated rings. The summed E-state index contributed by atoms with van der Waals surface area (Å²) in [5, 5.41) is 19.4. The van der Waals surface area contributed by atoms with Crippen LogP contribution in [0.1, 0.15) is 38.3 Å². The lowest BCUT2D eigenvalue weighted by molar-refractivity contribution is -0.116. The zero-order valence-corrected chi connectivity index (χ0v) is 13.2. The third kappa shape index (κ3) is 4.35. The number of Topliss-reactive ketones (excluding diaryl/α,β-unsaturated/α-hetero) is 1. The number of carbonyl (C=O) groups is 1. The van der Waals surface area contributed by atoms with Gasteiger partial charge < -0.3 is 9.84 Å². The zero-order valence-electron chi connectivity index (χ0n) is 13.2. The molecule has 4 heteroatoms. The van der Waals surface area contributed by atoms with Crippen LogP contribution in [0.2, 0.25) is 0 Å². The summed E-state index contributed by atoms with van der Waals surface area (Å²) in [5.74, 6) is -0.0632. The number of nitrogens with zero attached hydrogens (tertiary/aromatic N) is 1. The van der Waals surface area contributed by atoms with Crippen molar-refractivity contribution in [3.63, 3.8) is 0 Å². The van der Waals surface area contributed by atoms with Crippen molar-refractivity contribution in [2.45, 2.75) is 34.1 Å². The normalized spacial score (nSPS) is 12.4. The molecular formula is C17H21NO3. The van der Waals surface area contributed by atoms with Gasteiger partial charge in [0, 0.05) is 12.0 Å². The smallest absolute Gasteiger partial charge is 0.177 e. The molecule has 0 bridgehead atoms. The fourth-order valence-electron chi connectivity index (χ4n) is 1.93. The van der Waals surface area contributed by atoms with Gasteiger partial charge in [0.15, 0.2) is 5.78 Å². The van der Waals surface area contributed by atoms with E-state index in [4.69, 9.17) is 4.74 Å². The number of hydrogen-bond acceptors (Lipinski definition) is 4. The minimum absolute atomic E-state index is 0.197. The topological polar surface area (TPSA) is 70.3 Å². The van der Waals surface area contributed by atoms with E-state index in [1.165, 1.54) is 7.11 Å². The predicted octanol–water partition coefficient (Wildman–Crippen LogP) is 3.80. The van der Waals surface area contributed by atoms with E-state index in [9.17, 15) is 15.2 Å². The SMILES string of the molecule is COc1cc(C(O)=C(C#N)C(=O)CC(C)(C)C)ccc1C. The molecule has 0 amide bonds. The minimum Gasteiger partial charge on any atom is -0.506 e. The van der Waals surface area contributed by atoms with Gasteiger partial charge in [-0.3, -0.25) is 4.79 Å². The van der Waals surface area contributed by atoms with Crippen LogP contribution >= 0.6 is 0 Å². The monoisotopic (exact) mass is 287 g/mol. The Morgan fingerprint density at radius 2 is 2.00 bits per heavy atom. The summed E-state index contributed by atoms with van der Waals surface area (Å²) < 4.78 is 5.19. The molecular weight excluding hydrogens is 266 g/mol. The van der Waals surface area contributed by atoms with E-state index in [0.717, 1.165) is 5.56 Å². The summed E-state index contributed by atoms with van der Waals surface area (Å²) in [5.41, 5.74) is 0.852. The summed E-state index contributed by atoms with van der Waals surface area (Å²) >= 11 is 0. The third-order valence-electron chi connectivity index (χ3n) is 3.00. The molecule has 0 unspecified atom stereocenters. The summed E-state index contributed by atoms with van der Waals surface area (Å²) in [4.78, 5) is 12.2. The lowest BCUT2D eigenvalue weighted by Gasteiger charge is -2.16. The number of allylic oxidation sites excluding steroid dienone is 1. The molecule has 0 radical (unpaired) electrons. The molecule has 0 spiro atoms. The highest BCUT2D eigenvalue weighted by Gasteiger charge is 2.22. The molecule has 112 valence electrons. The van der Waals surface area contributed by atoms with E-state index >= 15 is 0 Å². The molecule has 1 rings (SSSR count). The van der Waals surface area contributed by atoms with Crippen LogP contribution in [-0.2, 0) is 4.79 Å². The number of aliphatic hydroxyl groups is 1. The molecule has 0 aliphatic heterocycles. The Labute approximate surface area is 125 Å². The van der Waals surface area contributed by atoms with E-state index in [-0.39, 0.29) is 29.0 Å². The molecule has 4 nitrogen and oxygen atoms in total. The number of ether oxygens (including phenoxy) is 1. The van der Waals surface area contributed by atoms with Gasteiger partial charge in [0.1, 0.15) is 23.2 Å². The molecule has 21 heavy (non-hydrogen) atoms. The number of methoxy groups -OCH3 is 1. The van der Waals surface area contributed by atoms with Crippen molar-refractivity contribution in [2.24, 2.45) is 5.41 Å². The average molecular weight is 287 g/mol. The number of nitriles is 1. The van der Waals surface area contributed by atoms with Crippen molar-refractivity contribution >= 4 is 11.5 Å². The van der Waals surface area contributed by atoms with Gasteiger partial charge in [-0.2, -0.15) is 5.26 Å². The van der Waals surface area contributed by atoms with Gasteiger partial charge in [0.05, 0.1) is 7.11 Å². The molecule has 0 atom stereocenters. The van der Waals surface area contributed by atoms with Gasteiger partial charge >= 0.3 is 0 Å². The number of ketones is 1. The van der Waals surface area contributed by atoms with Crippen LogP contribution in [0.4, 0.5) is 0 Å². The molecule has 1 N–H and O–H groups in total. The number of carbonyl (C=O) groups excluding carboxylic acids is 1. The maximum atomic E-state index is 12.2. The van der Waals surface area contributed by atoms with Crippen LogP contribution in [0, 0.1) is 23.7 Å². The van der Waals surface area contributed by atoms with E-state index in [1.807, 2.05) is 33.8 Å². The van der Waals surface area contributed by atoms with Crippen LogP contribution in [0.15, 0.2) is 23.8 Å². The second kappa shape index (κ2) is 6.45. The average Bonchev–Trinajstić information content (AvgIpc) is 2.37. The van der Waals surface area contributed by atoms with Crippen LogP contribution < -0.4 is 4.74 Å². The first-order valence-corrected chi connectivity index (χ1v) is 6.71. The Hall–Kier alpha value is -2.28. The Morgan fingerprint density at radius 1 is 1.38 bits per heavy atom. The van der Waals surface area contributed by atoms with Gasteiger partial charge in [-0.25, -0.2) is 0 Å². The summed E-state index contributed by atoms with van der Waals surface area (Å²) in [6.45, 7) is 7.60. The van der Waals surface area contributed by atoms with Gasteiger partial charge in [-0.1, -0.05) is 32.9 Å². The van der Waals surface area contributed by atoms with Crippen molar-refractivity contribution in [1.29, 1.82) is 5.26 Å². The molecule has 0 heterocycles. The third-order valence-corrected chi connectivity index (χ3v) is 3.00. The van der Waals surface area contributed by atoms with Crippen LogP contribution in [-0.4, -0.2) is 18.0 Å². The largest absolute Gasteiger partial charge is 0.506 e. The summed E-state index contributed by atoms with van der Waals surface area (Å²) in [7, 11) is 1.53. The van der Waals surface area contributed by atoms with Crippen molar-refractivity contribution in [3.05, 3.63) is 34.9 Å². The molecule has 0 aliphatic carbocycles. The predicted molar refractivity (Wildman–Crippen MR) is 82.0 cm³/mol. The van der Waals surface area contributed by atoms with E-state index in [2.05, 4.69) is 0 Å². The lowest BCUT2D eigenvalue weighted by Crippen LogP contribution is -2.15. The number of aryl methyl sites for hydroxylation is 1. The molecule has 0 saturated carbocycles. The van der Waals surface area contributed by atoms with Crippen LogP contribution in [0.25, 0.3) is 5.76 Å². The summed E-state index contributed by atoms with van der Waals surface area (Å²) in [6, 6.07) is 6.86. The second-order valence-electron chi connectivity index (χ2n) is 6.18. The fourth-order valence-corrected chi connectivity index (χ4v) is 1.93. The van der Waals surface area contributed by atoms with E-state index in [1.54, 1.807) is 18.2 Å². The fraction of sp³-hybridized carbons (Fsp3) is 0.412. The maximum Gasteiger partial charge on any atom is 0.177 e. The zero-order chi connectivity index (χ0) is 16.2. The van der Waals surface area contributed by atoms with Gasteiger partial charge in [0.25, 0.3) is 0 Å². The highest BCUT2D eigenvalue weighted by Crippen LogP contribution is 2.27. The van der Waals surface area contributed by atoms with Gasteiger partial charge in [-0.15, -0.1) is 0 Å². The van der Waals surface area contributed by atoms with Crippen molar-refractivity contribution in [2.75, 3.05) is 7.11 Å². The van der Waals surface area contributed by atoms with Crippen LogP contribution in [0.5, 0.6) is 5.75 Å². The first-order chi connectivity index (χ1) is 9.69. The lowest BCUT2D eigenvalue weighted by atomic mass is 9.87. The quantitative estimate of drug-likeness (QED) is 0.519. The van der Waals surface area contributed by atoms with E-state index < -0.39 is 0 Å². The van der Waals surface area contributed by atoms with E-state index in [0.29, 0.717) is 11.3 Å². The Bertz CT molecular complexity index is 616. The Morgan fingerprint density at radius 3 is 2.48 bits per heavy atom. The number of benzene rings is 1. The Balaban J connectivity index is 3.25. The van der Waals surface area contributed by atoms with Gasteiger partial charge in [0.2, 0.25) is 0 Å². The summed E-state index contributed by atoms with van der Waals surface area (Å²) in [6.07, 6.45) is 0.197. The van der Waals surface area contributed by atoms with Crippen molar-refractivity contribution in [1.82, 2.24) is 0 Å². The van der Waals surface area contributed by atoms with Gasteiger partial charge in [-0.05, 0) is 24.0 Å². The minimum atomic E-state index is -0.359.